The van der Waals surface area contributed by atoms with Crippen molar-refractivity contribution in [1.29, 1.82) is 0 Å². The summed E-state index contributed by atoms with van der Waals surface area (Å²) in [5, 5.41) is 0. The fourth-order valence-corrected chi connectivity index (χ4v) is 4.28. The molecular formula is C14H18BrNO4S. The van der Waals surface area contributed by atoms with Gasteiger partial charge < -0.3 is 9.47 Å². The monoisotopic (exact) mass is 375 g/mol. The smallest absolute Gasteiger partial charge is 0.243 e. The molecule has 0 atom stereocenters. The van der Waals surface area contributed by atoms with E-state index in [-0.39, 0.29) is 4.90 Å². The molecule has 0 amide bonds. The van der Waals surface area contributed by atoms with Gasteiger partial charge >= 0.3 is 0 Å². The molecule has 0 fully saturated rings. The highest BCUT2D eigenvalue weighted by atomic mass is 79.9. The number of rotatable bonds is 5. The molecule has 0 N–H and O–H groups in total. The molecule has 7 heteroatoms. The molecule has 0 radical (unpaired) electrons. The summed E-state index contributed by atoms with van der Waals surface area (Å²) in [5.41, 5.74) is 1.14. The van der Waals surface area contributed by atoms with Crippen LogP contribution in [0.2, 0.25) is 0 Å². The van der Waals surface area contributed by atoms with E-state index >= 15 is 0 Å². The largest absolute Gasteiger partial charge is 0.496 e. The van der Waals surface area contributed by atoms with Crippen molar-refractivity contribution in [3.63, 3.8) is 0 Å². The van der Waals surface area contributed by atoms with Crippen molar-refractivity contribution in [1.82, 2.24) is 4.31 Å². The number of ether oxygens (including phenoxy) is 2. The second-order valence-electron chi connectivity index (χ2n) is 4.70. The molecule has 5 nitrogen and oxygen atoms in total. The first-order valence-electron chi connectivity index (χ1n) is 6.49. The zero-order valence-electron chi connectivity index (χ0n) is 12.0. The highest BCUT2D eigenvalue weighted by Gasteiger charge is 2.26. The van der Waals surface area contributed by atoms with E-state index in [2.05, 4.69) is 15.9 Å². The fraction of sp³-hybridized carbons (Fsp3) is 0.429. The molecule has 0 aromatic heterocycles. The summed E-state index contributed by atoms with van der Waals surface area (Å²) < 4.78 is 37.5. The second kappa shape index (κ2) is 6.91. The van der Waals surface area contributed by atoms with Gasteiger partial charge in [-0.3, -0.25) is 0 Å². The number of benzene rings is 1. The third-order valence-corrected chi connectivity index (χ3v) is 5.84. The van der Waals surface area contributed by atoms with Crippen LogP contribution in [0.1, 0.15) is 6.42 Å². The lowest BCUT2D eigenvalue weighted by Gasteiger charge is -2.25. The number of hydrogen-bond acceptors (Lipinski definition) is 4. The van der Waals surface area contributed by atoms with Crippen molar-refractivity contribution < 1.29 is 17.9 Å². The summed E-state index contributed by atoms with van der Waals surface area (Å²) in [6, 6.07) is 4.78. The van der Waals surface area contributed by atoms with Gasteiger partial charge in [0.05, 0.1) is 23.1 Å². The Morgan fingerprint density at radius 2 is 2.10 bits per heavy atom. The molecule has 21 heavy (non-hydrogen) atoms. The van der Waals surface area contributed by atoms with E-state index in [4.69, 9.17) is 9.47 Å². The summed E-state index contributed by atoms with van der Waals surface area (Å²) >= 11 is 3.32. The van der Waals surface area contributed by atoms with Crippen LogP contribution in [0.5, 0.6) is 5.75 Å². The lowest BCUT2D eigenvalue weighted by molar-refractivity contribution is 0.219. The molecule has 0 saturated heterocycles. The molecule has 0 bridgehead atoms. The molecule has 1 aliphatic rings. The molecule has 0 saturated carbocycles. The van der Waals surface area contributed by atoms with Crippen LogP contribution in [0, 0.1) is 0 Å². The second-order valence-corrected chi connectivity index (χ2v) is 7.50. The normalized spacial score (nSPS) is 16.6. The van der Waals surface area contributed by atoms with E-state index in [0.717, 1.165) is 5.57 Å². The summed E-state index contributed by atoms with van der Waals surface area (Å²) in [7, 11) is -0.305. The Bertz CT molecular complexity index is 642. The maximum Gasteiger partial charge on any atom is 0.243 e. The number of nitrogens with zero attached hydrogens (tertiary/aromatic N) is 1. The maximum atomic E-state index is 12.6. The molecule has 0 spiro atoms. The van der Waals surface area contributed by atoms with Gasteiger partial charge in [-0.05, 0) is 46.1 Å². The van der Waals surface area contributed by atoms with Gasteiger partial charge in [-0.15, -0.1) is 0 Å². The number of hydrogen-bond donors (Lipinski definition) is 0. The van der Waals surface area contributed by atoms with Crippen LogP contribution in [-0.2, 0) is 14.8 Å². The van der Waals surface area contributed by atoms with Crippen LogP contribution in [-0.4, -0.2) is 46.6 Å². The van der Waals surface area contributed by atoms with Gasteiger partial charge in [0, 0.05) is 20.2 Å². The fourth-order valence-electron chi connectivity index (χ4n) is 2.18. The van der Waals surface area contributed by atoms with Gasteiger partial charge in [0.15, 0.2) is 0 Å². The Labute approximate surface area is 133 Å². The van der Waals surface area contributed by atoms with E-state index in [9.17, 15) is 8.42 Å². The van der Waals surface area contributed by atoms with Gasteiger partial charge in [0.1, 0.15) is 5.75 Å². The Balaban J connectivity index is 2.21. The standard InChI is InChI=1S/C14H18BrNO4S/c1-19-10-11-5-7-16(8-6-11)21(17,18)12-3-4-14(20-2)13(15)9-12/h3-5,9H,6-8,10H2,1-2H3. The predicted molar refractivity (Wildman–Crippen MR) is 84.0 cm³/mol. The Hall–Kier alpha value is -0.890. The average molecular weight is 376 g/mol. The van der Waals surface area contributed by atoms with Crippen molar-refractivity contribution in [3.05, 3.63) is 34.3 Å². The average Bonchev–Trinajstić information content (AvgIpc) is 2.48. The van der Waals surface area contributed by atoms with Crippen LogP contribution in [0.3, 0.4) is 0 Å². The third-order valence-electron chi connectivity index (χ3n) is 3.36. The van der Waals surface area contributed by atoms with E-state index in [1.807, 2.05) is 6.08 Å². The first-order chi connectivity index (χ1) is 9.98. The molecule has 2 rings (SSSR count). The van der Waals surface area contributed by atoms with Gasteiger partial charge in [-0.2, -0.15) is 4.31 Å². The van der Waals surface area contributed by atoms with Crippen LogP contribution in [0.25, 0.3) is 0 Å². The topological polar surface area (TPSA) is 55.8 Å². The molecule has 1 aromatic rings. The van der Waals surface area contributed by atoms with E-state index < -0.39 is 10.0 Å². The Morgan fingerprint density at radius 3 is 2.62 bits per heavy atom. The van der Waals surface area contributed by atoms with Gasteiger partial charge in [0.25, 0.3) is 0 Å². The first kappa shape index (κ1) is 16.5. The van der Waals surface area contributed by atoms with Gasteiger partial charge in [-0.1, -0.05) is 6.08 Å². The summed E-state index contributed by atoms with van der Waals surface area (Å²) in [6.07, 6.45) is 2.62. The van der Waals surface area contributed by atoms with Crippen LogP contribution in [0.15, 0.2) is 39.2 Å². The van der Waals surface area contributed by atoms with E-state index in [1.165, 1.54) is 4.31 Å². The quantitative estimate of drug-likeness (QED) is 0.741. The zero-order chi connectivity index (χ0) is 15.5. The van der Waals surface area contributed by atoms with Crippen LogP contribution in [0.4, 0.5) is 0 Å². The van der Waals surface area contributed by atoms with Crippen molar-refractivity contribution in [3.8, 4) is 5.75 Å². The van der Waals surface area contributed by atoms with E-state index in [1.54, 1.807) is 32.4 Å². The zero-order valence-corrected chi connectivity index (χ0v) is 14.4. The maximum absolute atomic E-state index is 12.6. The SMILES string of the molecule is COCC1=CCN(S(=O)(=O)c2ccc(OC)c(Br)c2)CC1. The third kappa shape index (κ3) is 3.66. The minimum atomic E-state index is -3.49. The highest BCUT2D eigenvalue weighted by Crippen LogP contribution is 2.29. The molecule has 0 aliphatic carbocycles. The number of halogens is 1. The van der Waals surface area contributed by atoms with Crippen molar-refractivity contribution in [2.45, 2.75) is 11.3 Å². The lowest BCUT2D eigenvalue weighted by atomic mass is 10.1. The van der Waals surface area contributed by atoms with E-state index in [0.29, 0.717) is 36.3 Å². The first-order valence-corrected chi connectivity index (χ1v) is 8.73. The number of methoxy groups -OCH3 is 2. The molecule has 0 unspecified atom stereocenters. The summed E-state index contributed by atoms with van der Waals surface area (Å²) in [5.74, 6) is 0.606. The van der Waals surface area contributed by atoms with Crippen molar-refractivity contribution in [2.75, 3.05) is 33.9 Å². The summed E-state index contributed by atoms with van der Waals surface area (Å²) in [6.45, 7) is 1.41. The molecule has 1 aromatic carbocycles. The Morgan fingerprint density at radius 1 is 1.33 bits per heavy atom. The minimum absolute atomic E-state index is 0.263. The van der Waals surface area contributed by atoms with Crippen LogP contribution >= 0.6 is 15.9 Å². The van der Waals surface area contributed by atoms with Gasteiger partial charge in [-0.25, -0.2) is 8.42 Å². The predicted octanol–water partition coefficient (Wildman–Crippen LogP) is 2.42. The minimum Gasteiger partial charge on any atom is -0.496 e. The Kier molecular flexibility index (Phi) is 5.43. The molecule has 116 valence electrons. The molecule has 1 aliphatic heterocycles. The molecule has 1 heterocycles. The van der Waals surface area contributed by atoms with Crippen LogP contribution < -0.4 is 4.74 Å². The molecular weight excluding hydrogens is 358 g/mol. The highest BCUT2D eigenvalue weighted by molar-refractivity contribution is 9.10. The van der Waals surface area contributed by atoms with Crippen molar-refractivity contribution >= 4 is 26.0 Å². The lowest BCUT2D eigenvalue weighted by Crippen LogP contribution is -2.35. The number of sulfonamides is 1. The van der Waals surface area contributed by atoms with Gasteiger partial charge in [0.2, 0.25) is 10.0 Å². The summed E-state index contributed by atoms with van der Waals surface area (Å²) in [4.78, 5) is 0.263. The van der Waals surface area contributed by atoms with Crippen molar-refractivity contribution in [2.24, 2.45) is 0 Å².